The Balaban J connectivity index is 2.41. The minimum absolute atomic E-state index is 0.0296. The van der Waals surface area contributed by atoms with E-state index in [0.717, 1.165) is 12.8 Å². The summed E-state index contributed by atoms with van der Waals surface area (Å²) in [5.41, 5.74) is 0.0788. The van der Waals surface area contributed by atoms with Gasteiger partial charge in [0, 0.05) is 12.5 Å². The molecule has 96 valence electrons. The molecule has 2 aromatic heterocycles. The van der Waals surface area contributed by atoms with E-state index in [4.69, 9.17) is 0 Å². The van der Waals surface area contributed by atoms with Crippen LogP contribution in [0.1, 0.15) is 24.9 Å². The third-order valence-electron chi connectivity index (χ3n) is 2.47. The summed E-state index contributed by atoms with van der Waals surface area (Å²) in [5.74, 6) is 0.553. The van der Waals surface area contributed by atoms with Crippen LogP contribution in [0.5, 0.6) is 0 Å². The predicted molar refractivity (Wildman–Crippen MR) is 63.3 cm³/mol. The van der Waals surface area contributed by atoms with Crippen molar-refractivity contribution in [1.29, 1.82) is 0 Å². The zero-order valence-electron chi connectivity index (χ0n) is 10.3. The lowest BCUT2D eigenvalue weighted by atomic mass is 10.3. The highest BCUT2D eigenvalue weighted by Crippen LogP contribution is 2.01. The van der Waals surface area contributed by atoms with E-state index in [1.165, 1.54) is 17.7 Å². The van der Waals surface area contributed by atoms with Crippen molar-refractivity contribution in [3.8, 4) is 0 Å². The number of fused-ring (bicyclic) bond motifs is 1. The second-order valence-electron chi connectivity index (χ2n) is 3.89. The Morgan fingerprint density at radius 3 is 2.94 bits per heavy atom. The molecule has 7 nitrogen and oxygen atoms in total. The van der Waals surface area contributed by atoms with Crippen molar-refractivity contribution in [2.24, 2.45) is 0 Å². The van der Waals surface area contributed by atoms with Gasteiger partial charge in [-0.05, 0) is 6.42 Å². The number of rotatable bonds is 4. The lowest BCUT2D eigenvalue weighted by Gasteiger charge is -1.98. The molecular formula is C11H14N4O3. The molecule has 0 aliphatic rings. The van der Waals surface area contributed by atoms with Crippen molar-refractivity contribution >= 4 is 11.7 Å². The molecule has 0 spiro atoms. The average Bonchev–Trinajstić information content (AvgIpc) is 2.72. The number of nitrogens with zero attached hydrogens (tertiary/aromatic N) is 3. The van der Waals surface area contributed by atoms with Gasteiger partial charge in [0.25, 0.3) is 11.3 Å². The first-order valence-corrected chi connectivity index (χ1v) is 5.68. The molecule has 1 N–H and O–H groups in total. The molecule has 2 rings (SSSR count). The number of esters is 1. The normalized spacial score (nSPS) is 10.8. The Morgan fingerprint density at radius 1 is 1.50 bits per heavy atom. The van der Waals surface area contributed by atoms with E-state index >= 15 is 0 Å². The fourth-order valence-corrected chi connectivity index (χ4v) is 1.63. The molecule has 2 aromatic rings. The van der Waals surface area contributed by atoms with Crippen LogP contribution in [0.2, 0.25) is 0 Å². The maximum absolute atomic E-state index is 11.8. The molecular weight excluding hydrogens is 236 g/mol. The van der Waals surface area contributed by atoms with Crippen LogP contribution in [-0.4, -0.2) is 32.7 Å². The van der Waals surface area contributed by atoms with Crippen LogP contribution in [-0.2, 0) is 22.4 Å². The van der Waals surface area contributed by atoms with Crippen LogP contribution in [0.3, 0.4) is 0 Å². The second kappa shape index (κ2) is 4.99. The van der Waals surface area contributed by atoms with Gasteiger partial charge in [-0.25, -0.2) is 4.98 Å². The Labute approximate surface area is 103 Å². The number of carbonyl (C=O) groups excluding carboxylic acids is 1. The molecule has 0 radical (unpaired) electrons. The number of aromatic nitrogens is 4. The summed E-state index contributed by atoms with van der Waals surface area (Å²) in [5, 5.41) is 2.87. The summed E-state index contributed by atoms with van der Waals surface area (Å²) in [6, 6.07) is 1.30. The molecule has 0 aliphatic heterocycles. The molecule has 0 saturated carbocycles. The molecule has 0 aromatic carbocycles. The highest BCUT2D eigenvalue weighted by molar-refractivity contribution is 5.71. The Kier molecular flexibility index (Phi) is 3.40. The van der Waals surface area contributed by atoms with Crippen molar-refractivity contribution in [3.05, 3.63) is 27.9 Å². The van der Waals surface area contributed by atoms with Gasteiger partial charge in [-0.3, -0.25) is 14.7 Å². The van der Waals surface area contributed by atoms with Crippen molar-refractivity contribution in [3.63, 3.8) is 0 Å². The third-order valence-corrected chi connectivity index (χ3v) is 2.47. The van der Waals surface area contributed by atoms with Crippen LogP contribution in [0, 0.1) is 0 Å². The molecule has 0 atom stereocenters. The first-order valence-electron chi connectivity index (χ1n) is 5.68. The topological polar surface area (TPSA) is 89.3 Å². The van der Waals surface area contributed by atoms with Crippen molar-refractivity contribution in [1.82, 2.24) is 19.6 Å². The summed E-state index contributed by atoms with van der Waals surface area (Å²) in [6.45, 7) is 2.02. The summed E-state index contributed by atoms with van der Waals surface area (Å²) in [6.07, 6.45) is 1.64. The largest absolute Gasteiger partial charge is 0.469 e. The van der Waals surface area contributed by atoms with E-state index in [9.17, 15) is 9.59 Å². The zero-order valence-corrected chi connectivity index (χ0v) is 10.3. The van der Waals surface area contributed by atoms with Gasteiger partial charge in [0.1, 0.15) is 5.82 Å². The Morgan fingerprint density at radius 2 is 2.28 bits per heavy atom. The minimum Gasteiger partial charge on any atom is -0.469 e. The van der Waals surface area contributed by atoms with Gasteiger partial charge < -0.3 is 4.74 Å². The van der Waals surface area contributed by atoms with Crippen molar-refractivity contribution < 1.29 is 9.53 Å². The summed E-state index contributed by atoms with van der Waals surface area (Å²) >= 11 is 0. The Bertz CT molecular complexity index is 629. The van der Waals surface area contributed by atoms with Crippen LogP contribution < -0.4 is 5.56 Å². The fraction of sp³-hybridized carbons (Fsp3) is 0.455. The van der Waals surface area contributed by atoms with Gasteiger partial charge in [-0.2, -0.15) is 9.50 Å². The molecule has 0 fully saturated rings. The first kappa shape index (κ1) is 12.3. The molecule has 0 bridgehead atoms. The van der Waals surface area contributed by atoms with E-state index in [2.05, 4.69) is 19.8 Å². The number of aromatic amines is 1. The number of aryl methyl sites for hydroxylation is 1. The van der Waals surface area contributed by atoms with Crippen LogP contribution in [0.4, 0.5) is 0 Å². The standard InChI is InChI=1S/C11H14N4O3/c1-3-4-8-13-11-12-7(6-10(17)18-2)5-9(16)15(11)14-8/h5H,3-4,6H2,1-2H3,(H,12,13,14). The highest BCUT2D eigenvalue weighted by Gasteiger charge is 2.10. The van der Waals surface area contributed by atoms with Crippen molar-refractivity contribution in [2.75, 3.05) is 7.11 Å². The molecule has 0 unspecified atom stereocenters. The van der Waals surface area contributed by atoms with E-state index in [1.807, 2.05) is 6.92 Å². The first-order chi connectivity index (χ1) is 8.63. The van der Waals surface area contributed by atoms with Gasteiger partial charge in [0.05, 0.1) is 19.2 Å². The maximum atomic E-state index is 11.8. The van der Waals surface area contributed by atoms with Gasteiger partial charge in [0.2, 0.25) is 0 Å². The summed E-state index contributed by atoms with van der Waals surface area (Å²) < 4.78 is 5.80. The third kappa shape index (κ3) is 2.39. The monoisotopic (exact) mass is 250 g/mol. The van der Waals surface area contributed by atoms with Gasteiger partial charge >= 0.3 is 5.97 Å². The summed E-state index contributed by atoms with van der Waals surface area (Å²) in [4.78, 5) is 31.3. The van der Waals surface area contributed by atoms with Gasteiger partial charge in [-0.1, -0.05) is 6.92 Å². The average molecular weight is 250 g/mol. The smallest absolute Gasteiger partial charge is 0.311 e. The second-order valence-corrected chi connectivity index (χ2v) is 3.89. The predicted octanol–water partition coefficient (Wildman–Crippen LogP) is 0.0856. The molecule has 0 amide bonds. The van der Waals surface area contributed by atoms with Crippen LogP contribution >= 0.6 is 0 Å². The van der Waals surface area contributed by atoms with Crippen LogP contribution in [0.25, 0.3) is 5.78 Å². The number of carbonyl (C=O) groups is 1. The van der Waals surface area contributed by atoms with Gasteiger partial charge in [-0.15, -0.1) is 0 Å². The maximum Gasteiger partial charge on any atom is 0.311 e. The molecule has 18 heavy (non-hydrogen) atoms. The van der Waals surface area contributed by atoms with Crippen molar-refractivity contribution in [2.45, 2.75) is 26.2 Å². The van der Waals surface area contributed by atoms with Crippen LogP contribution in [0.15, 0.2) is 10.9 Å². The highest BCUT2D eigenvalue weighted by atomic mass is 16.5. The molecule has 2 heterocycles. The lowest BCUT2D eigenvalue weighted by molar-refractivity contribution is -0.139. The van der Waals surface area contributed by atoms with Gasteiger partial charge in [0.15, 0.2) is 0 Å². The number of H-pyrrole nitrogens is 1. The number of nitrogens with one attached hydrogen (secondary N) is 1. The number of methoxy groups -OCH3 is 1. The van der Waals surface area contributed by atoms with E-state index < -0.39 is 5.97 Å². The summed E-state index contributed by atoms with van der Waals surface area (Å²) in [7, 11) is 1.29. The minimum atomic E-state index is -0.435. The molecule has 0 aliphatic carbocycles. The van der Waals surface area contributed by atoms with E-state index in [0.29, 0.717) is 11.5 Å². The number of hydrogen-bond donors (Lipinski definition) is 1. The zero-order chi connectivity index (χ0) is 13.1. The number of ether oxygens (including phenoxy) is 1. The Hall–Kier alpha value is -2.18. The molecule has 0 saturated heterocycles. The number of hydrogen-bond acceptors (Lipinski definition) is 5. The molecule has 7 heteroatoms. The fourth-order valence-electron chi connectivity index (χ4n) is 1.63. The van der Waals surface area contributed by atoms with E-state index in [-0.39, 0.29) is 17.8 Å². The SMILES string of the molecule is CCCc1nc2nc(CC(=O)OC)cc(=O)n2[nH]1. The quantitative estimate of drug-likeness (QED) is 0.776. The van der Waals surface area contributed by atoms with E-state index in [1.54, 1.807) is 0 Å². The lowest BCUT2D eigenvalue weighted by Crippen LogP contribution is -2.17.